The molecule has 2 aliphatic rings. The molecule has 0 amide bonds. The molecule has 0 bridgehead atoms. The van der Waals surface area contributed by atoms with Crippen LogP contribution in [-0.4, -0.2) is 31.3 Å². The summed E-state index contributed by atoms with van der Waals surface area (Å²) in [5.41, 5.74) is 1.11. The molecule has 0 atom stereocenters. The number of hydrogen-bond acceptors (Lipinski definition) is 4. The largest absolute Gasteiger partial charge is 0.380 e. The van der Waals surface area contributed by atoms with Gasteiger partial charge in [0.2, 0.25) is 0 Å². The maximum absolute atomic E-state index is 8.79. The van der Waals surface area contributed by atoms with Gasteiger partial charge in [-0.1, -0.05) is 0 Å². The minimum atomic E-state index is 0.495. The van der Waals surface area contributed by atoms with Crippen molar-refractivity contribution >= 4 is 5.82 Å². The van der Waals surface area contributed by atoms with Crippen LogP contribution in [0.25, 0.3) is 0 Å². The molecule has 2 fully saturated rings. The average Bonchev–Trinajstić information content (AvgIpc) is 2.45. The molecule has 0 radical (unpaired) electrons. The SMILES string of the molecule is CN(c1ccc(C#N)cn1)C1CCC2(CC1)COC2. The van der Waals surface area contributed by atoms with Crippen LogP contribution in [-0.2, 0) is 4.74 Å². The van der Waals surface area contributed by atoms with Crippen LogP contribution in [0.5, 0.6) is 0 Å². The summed E-state index contributed by atoms with van der Waals surface area (Å²) in [4.78, 5) is 6.63. The standard InChI is InChI=1S/C15H19N3O/c1-18(14-3-2-12(8-16)9-17-14)13-4-6-15(7-5-13)10-19-11-15/h2-3,9,13H,4-7,10-11H2,1H3. The Morgan fingerprint density at radius 2 is 2.11 bits per heavy atom. The monoisotopic (exact) mass is 257 g/mol. The van der Waals surface area contributed by atoms with Gasteiger partial charge in [-0.3, -0.25) is 0 Å². The van der Waals surface area contributed by atoms with E-state index in [9.17, 15) is 0 Å². The van der Waals surface area contributed by atoms with Crippen molar-refractivity contribution in [1.29, 1.82) is 5.26 Å². The topological polar surface area (TPSA) is 49.2 Å². The Kier molecular flexibility index (Phi) is 3.16. The van der Waals surface area contributed by atoms with Crippen LogP contribution < -0.4 is 4.90 Å². The lowest BCUT2D eigenvalue weighted by Gasteiger charge is -2.47. The van der Waals surface area contributed by atoms with Gasteiger partial charge in [0.15, 0.2) is 0 Å². The quantitative estimate of drug-likeness (QED) is 0.816. The molecule has 4 heteroatoms. The van der Waals surface area contributed by atoms with Crippen molar-refractivity contribution in [1.82, 2.24) is 4.98 Å². The molecule has 19 heavy (non-hydrogen) atoms. The first-order chi connectivity index (χ1) is 9.22. The van der Waals surface area contributed by atoms with Crippen LogP contribution in [0.3, 0.4) is 0 Å². The number of aromatic nitrogens is 1. The van der Waals surface area contributed by atoms with Crippen LogP contribution >= 0.6 is 0 Å². The van der Waals surface area contributed by atoms with Gasteiger partial charge >= 0.3 is 0 Å². The van der Waals surface area contributed by atoms with Gasteiger partial charge < -0.3 is 9.64 Å². The molecule has 3 rings (SSSR count). The van der Waals surface area contributed by atoms with Crippen LogP contribution in [0.1, 0.15) is 31.2 Å². The zero-order valence-corrected chi connectivity index (χ0v) is 11.3. The number of hydrogen-bond donors (Lipinski definition) is 0. The number of pyridine rings is 1. The molecule has 0 unspecified atom stereocenters. The zero-order valence-electron chi connectivity index (χ0n) is 11.3. The molecular formula is C15H19N3O. The summed E-state index contributed by atoms with van der Waals surface area (Å²) < 4.78 is 5.36. The Bertz CT molecular complexity index is 477. The van der Waals surface area contributed by atoms with Crippen LogP contribution in [0.4, 0.5) is 5.82 Å². The first kappa shape index (κ1) is 12.4. The number of nitrogens with zero attached hydrogens (tertiary/aromatic N) is 3. The smallest absolute Gasteiger partial charge is 0.128 e. The molecule has 4 nitrogen and oxygen atoms in total. The van der Waals surface area contributed by atoms with Crippen molar-refractivity contribution in [2.75, 3.05) is 25.2 Å². The Morgan fingerprint density at radius 3 is 2.58 bits per heavy atom. The summed E-state index contributed by atoms with van der Waals surface area (Å²) in [5.74, 6) is 0.963. The Morgan fingerprint density at radius 1 is 1.37 bits per heavy atom. The van der Waals surface area contributed by atoms with Crippen LogP contribution in [0.2, 0.25) is 0 Å². The third-order valence-corrected chi connectivity index (χ3v) is 4.62. The summed E-state index contributed by atoms with van der Waals surface area (Å²) in [6.07, 6.45) is 6.59. The third kappa shape index (κ3) is 2.31. The molecule has 2 heterocycles. The number of nitriles is 1. The summed E-state index contributed by atoms with van der Waals surface area (Å²) in [6, 6.07) is 6.44. The van der Waals surface area contributed by atoms with Crippen molar-refractivity contribution in [2.45, 2.75) is 31.7 Å². The minimum Gasteiger partial charge on any atom is -0.380 e. The molecule has 1 aromatic heterocycles. The van der Waals surface area contributed by atoms with E-state index in [1.165, 1.54) is 25.7 Å². The zero-order chi connectivity index (χ0) is 13.3. The average molecular weight is 257 g/mol. The summed E-state index contributed by atoms with van der Waals surface area (Å²) >= 11 is 0. The van der Waals surface area contributed by atoms with E-state index in [1.54, 1.807) is 6.20 Å². The minimum absolute atomic E-state index is 0.495. The highest BCUT2D eigenvalue weighted by Gasteiger charge is 2.42. The Balaban J connectivity index is 1.64. The van der Waals surface area contributed by atoms with E-state index in [0.717, 1.165) is 19.0 Å². The molecule has 0 N–H and O–H groups in total. The fourth-order valence-corrected chi connectivity index (χ4v) is 3.13. The van der Waals surface area contributed by atoms with Gasteiger partial charge in [-0.15, -0.1) is 0 Å². The van der Waals surface area contributed by atoms with Crippen molar-refractivity contribution in [3.05, 3.63) is 23.9 Å². The van der Waals surface area contributed by atoms with E-state index < -0.39 is 0 Å². The van der Waals surface area contributed by atoms with Gasteiger partial charge in [-0.05, 0) is 37.8 Å². The molecule has 1 aliphatic heterocycles. The van der Waals surface area contributed by atoms with Crippen molar-refractivity contribution in [3.63, 3.8) is 0 Å². The lowest BCUT2D eigenvalue weighted by molar-refractivity contribution is -0.132. The van der Waals surface area contributed by atoms with Gasteiger partial charge in [0.25, 0.3) is 0 Å². The first-order valence-electron chi connectivity index (χ1n) is 6.89. The van der Waals surface area contributed by atoms with Gasteiger partial charge in [-0.25, -0.2) is 4.98 Å². The van der Waals surface area contributed by atoms with Gasteiger partial charge in [-0.2, -0.15) is 5.26 Å². The van der Waals surface area contributed by atoms with E-state index in [4.69, 9.17) is 10.00 Å². The molecule has 1 aliphatic carbocycles. The van der Waals surface area contributed by atoms with Crippen molar-refractivity contribution < 1.29 is 4.74 Å². The molecule has 1 saturated carbocycles. The second kappa shape index (κ2) is 4.82. The maximum Gasteiger partial charge on any atom is 0.128 e. The summed E-state index contributed by atoms with van der Waals surface area (Å²) in [6.45, 7) is 1.91. The molecule has 0 aromatic carbocycles. The fourth-order valence-electron chi connectivity index (χ4n) is 3.13. The highest BCUT2D eigenvalue weighted by atomic mass is 16.5. The lowest BCUT2D eigenvalue weighted by atomic mass is 9.71. The van der Waals surface area contributed by atoms with Gasteiger partial charge in [0.05, 0.1) is 18.8 Å². The Hall–Kier alpha value is -1.60. The second-order valence-corrected chi connectivity index (χ2v) is 5.85. The fraction of sp³-hybridized carbons (Fsp3) is 0.600. The van der Waals surface area contributed by atoms with E-state index >= 15 is 0 Å². The van der Waals surface area contributed by atoms with Crippen LogP contribution in [0, 0.1) is 16.7 Å². The molecule has 1 spiro atoms. The van der Waals surface area contributed by atoms with E-state index in [2.05, 4.69) is 23.0 Å². The Labute approximate surface area is 114 Å². The lowest BCUT2D eigenvalue weighted by Crippen LogP contribution is -2.48. The summed E-state index contributed by atoms with van der Waals surface area (Å²) in [7, 11) is 2.11. The van der Waals surface area contributed by atoms with E-state index in [-0.39, 0.29) is 0 Å². The molecule has 1 aromatic rings. The van der Waals surface area contributed by atoms with E-state index in [1.807, 2.05) is 12.1 Å². The predicted molar refractivity (Wildman–Crippen MR) is 72.9 cm³/mol. The van der Waals surface area contributed by atoms with Crippen molar-refractivity contribution in [2.24, 2.45) is 5.41 Å². The molecule has 100 valence electrons. The third-order valence-electron chi connectivity index (χ3n) is 4.62. The van der Waals surface area contributed by atoms with Gasteiger partial charge in [0.1, 0.15) is 11.9 Å². The maximum atomic E-state index is 8.79. The highest BCUT2D eigenvalue weighted by Crippen LogP contribution is 2.43. The van der Waals surface area contributed by atoms with E-state index in [0.29, 0.717) is 17.0 Å². The summed E-state index contributed by atoms with van der Waals surface area (Å²) in [5, 5.41) is 8.79. The highest BCUT2D eigenvalue weighted by molar-refractivity contribution is 5.42. The normalized spacial score (nSPS) is 21.7. The number of ether oxygens (including phenoxy) is 1. The number of rotatable bonds is 2. The predicted octanol–water partition coefficient (Wildman–Crippen LogP) is 2.35. The number of anilines is 1. The van der Waals surface area contributed by atoms with Crippen LogP contribution in [0.15, 0.2) is 18.3 Å². The van der Waals surface area contributed by atoms with Gasteiger partial charge in [0, 0.05) is 24.7 Å². The second-order valence-electron chi connectivity index (χ2n) is 5.85. The molecular weight excluding hydrogens is 238 g/mol. The molecule has 1 saturated heterocycles. The first-order valence-corrected chi connectivity index (χ1v) is 6.89. The van der Waals surface area contributed by atoms with Crippen molar-refractivity contribution in [3.8, 4) is 6.07 Å².